The molecule has 3 N–H and O–H groups in total. The number of hydrogen-bond acceptors (Lipinski definition) is 6. The first-order valence-electron chi connectivity index (χ1n) is 14.4. The molecule has 12 heteroatoms. The average Bonchev–Trinajstić information content (AvgIpc) is 3.64. The Morgan fingerprint density at radius 1 is 1.19 bits per heavy atom. The van der Waals surface area contributed by atoms with Gasteiger partial charge in [0.15, 0.2) is 0 Å². The van der Waals surface area contributed by atoms with Crippen LogP contribution in [0.25, 0.3) is 22.4 Å². The molecular weight excluding hydrogens is 549 g/mol. The predicted octanol–water partition coefficient (Wildman–Crippen LogP) is 6.22. The number of benzene rings is 1. The molecule has 3 atom stereocenters. The summed E-state index contributed by atoms with van der Waals surface area (Å²) in [5.41, 5.74) is 4.70. The fourth-order valence-electron chi connectivity index (χ4n) is 5.49. The summed E-state index contributed by atoms with van der Waals surface area (Å²) in [4.78, 5) is 19.1. The number of carbonyl (C=O) groups excluding carboxylic acids is 1. The van der Waals surface area contributed by atoms with Crippen LogP contribution in [-0.4, -0.2) is 69.3 Å². The molecule has 0 radical (unpaired) electrons. The van der Waals surface area contributed by atoms with Crippen molar-refractivity contribution in [1.82, 2.24) is 19.7 Å². The number of urea groups is 1. The number of amides is 2. The molecule has 9 nitrogen and oxygen atoms in total. The van der Waals surface area contributed by atoms with E-state index in [2.05, 4.69) is 15.7 Å². The number of nitrogens with zero attached hydrogens (tertiary/aromatic N) is 4. The van der Waals surface area contributed by atoms with Crippen molar-refractivity contribution in [2.45, 2.75) is 64.4 Å². The van der Waals surface area contributed by atoms with Crippen LogP contribution in [0.3, 0.4) is 0 Å². The lowest BCUT2D eigenvalue weighted by atomic mass is 9.99. The standard InChI is InChI=1S/C30H37F3N6O3/c1-19-6-7-24(36-29(41)38-9-8-21(16-38)14-30(31,32)33)13-25(19)22-11-26(37-27(12-22)35-20(2)18-40)23-15-34-39(17-23)28-5-3-4-10-42-28/h6-7,11-13,15,17,20-21,28,40H,3-5,8-10,14,16,18H2,1-2H3,(H,35,37)(H,36,41)/t20-,21-,28?/m0/s1. The Morgan fingerprint density at radius 3 is 2.76 bits per heavy atom. The average molecular weight is 587 g/mol. The molecule has 0 aliphatic carbocycles. The zero-order valence-electron chi connectivity index (χ0n) is 23.8. The minimum Gasteiger partial charge on any atom is -0.394 e. The molecule has 5 rings (SSSR count). The smallest absolute Gasteiger partial charge is 0.389 e. The van der Waals surface area contributed by atoms with Crippen molar-refractivity contribution in [3.63, 3.8) is 0 Å². The number of hydrogen-bond donors (Lipinski definition) is 3. The van der Waals surface area contributed by atoms with Crippen LogP contribution in [0.2, 0.25) is 0 Å². The number of anilines is 2. The molecule has 2 fully saturated rings. The molecule has 0 spiro atoms. The topological polar surface area (TPSA) is 105 Å². The summed E-state index contributed by atoms with van der Waals surface area (Å²) in [6, 6.07) is 8.73. The maximum atomic E-state index is 12.9. The quantitative estimate of drug-likeness (QED) is 0.290. The summed E-state index contributed by atoms with van der Waals surface area (Å²) in [7, 11) is 0. The number of nitrogens with one attached hydrogen (secondary N) is 2. The van der Waals surface area contributed by atoms with Gasteiger partial charge in [0.2, 0.25) is 0 Å². The number of aromatic nitrogens is 3. The van der Waals surface area contributed by atoms with Crippen molar-refractivity contribution in [2.24, 2.45) is 5.92 Å². The Bertz CT molecular complexity index is 1390. The molecule has 2 aliphatic rings. The Balaban J connectivity index is 1.40. The summed E-state index contributed by atoms with van der Waals surface area (Å²) in [5.74, 6) is -0.00633. The second kappa shape index (κ2) is 12.7. The van der Waals surface area contributed by atoms with Gasteiger partial charge in [-0.2, -0.15) is 18.3 Å². The van der Waals surface area contributed by atoms with Gasteiger partial charge in [-0.15, -0.1) is 0 Å². The fraction of sp³-hybridized carbons (Fsp3) is 0.500. The molecule has 0 bridgehead atoms. The van der Waals surface area contributed by atoms with E-state index in [1.807, 2.05) is 49.0 Å². The predicted molar refractivity (Wildman–Crippen MR) is 154 cm³/mol. The zero-order chi connectivity index (χ0) is 29.9. The number of ether oxygens (including phenoxy) is 1. The lowest BCUT2D eigenvalue weighted by Gasteiger charge is -2.22. The third kappa shape index (κ3) is 7.40. The van der Waals surface area contributed by atoms with Gasteiger partial charge in [0.25, 0.3) is 0 Å². The summed E-state index contributed by atoms with van der Waals surface area (Å²) in [5, 5.41) is 20.3. The van der Waals surface area contributed by atoms with Gasteiger partial charge in [-0.1, -0.05) is 6.07 Å². The van der Waals surface area contributed by atoms with Crippen molar-refractivity contribution in [2.75, 3.05) is 36.9 Å². The second-order valence-corrected chi connectivity index (χ2v) is 11.3. The van der Waals surface area contributed by atoms with Gasteiger partial charge in [0, 0.05) is 49.6 Å². The SMILES string of the molecule is Cc1ccc(NC(=O)N2CC[C@@H](CC(F)(F)F)C2)cc1-c1cc(N[C@@H](C)CO)nc(-c2cnn(C3CCCCO3)c2)c1. The number of carbonyl (C=O) groups is 1. The van der Waals surface area contributed by atoms with Crippen molar-refractivity contribution < 1.29 is 27.8 Å². The van der Waals surface area contributed by atoms with Crippen LogP contribution in [0.4, 0.5) is 29.5 Å². The summed E-state index contributed by atoms with van der Waals surface area (Å²) < 4.78 is 46.1. The minimum absolute atomic E-state index is 0.0704. The van der Waals surface area contributed by atoms with Crippen LogP contribution in [0.1, 0.15) is 50.8 Å². The third-order valence-electron chi connectivity index (χ3n) is 7.73. The van der Waals surface area contributed by atoms with E-state index in [1.165, 1.54) is 4.90 Å². The third-order valence-corrected chi connectivity index (χ3v) is 7.73. The normalized spacial score (nSPS) is 20.0. The van der Waals surface area contributed by atoms with Crippen LogP contribution < -0.4 is 10.6 Å². The molecule has 42 heavy (non-hydrogen) atoms. The molecule has 4 heterocycles. The number of aliphatic hydroxyl groups excluding tert-OH is 1. The highest BCUT2D eigenvalue weighted by Crippen LogP contribution is 2.34. The molecule has 2 saturated heterocycles. The summed E-state index contributed by atoms with van der Waals surface area (Å²) >= 11 is 0. The molecule has 1 unspecified atom stereocenters. The Hall–Kier alpha value is -3.64. The number of halogens is 3. The van der Waals surface area contributed by atoms with E-state index in [-0.39, 0.29) is 32.0 Å². The van der Waals surface area contributed by atoms with Gasteiger partial charge in [-0.3, -0.25) is 0 Å². The number of aliphatic hydroxyl groups is 1. The highest BCUT2D eigenvalue weighted by Gasteiger charge is 2.36. The highest BCUT2D eigenvalue weighted by molar-refractivity contribution is 5.91. The maximum Gasteiger partial charge on any atom is 0.389 e. The molecule has 2 amide bonds. The number of rotatable bonds is 8. The van der Waals surface area contributed by atoms with Crippen LogP contribution in [0.15, 0.2) is 42.7 Å². The lowest BCUT2D eigenvalue weighted by Crippen LogP contribution is -2.33. The Labute approximate surface area is 243 Å². The molecule has 2 aliphatic heterocycles. The van der Waals surface area contributed by atoms with Crippen LogP contribution >= 0.6 is 0 Å². The fourth-order valence-corrected chi connectivity index (χ4v) is 5.49. The van der Waals surface area contributed by atoms with Gasteiger partial charge in [-0.05, 0) is 86.4 Å². The van der Waals surface area contributed by atoms with E-state index in [0.29, 0.717) is 30.2 Å². The van der Waals surface area contributed by atoms with Crippen molar-refractivity contribution in [1.29, 1.82) is 0 Å². The van der Waals surface area contributed by atoms with E-state index in [0.717, 1.165) is 41.5 Å². The van der Waals surface area contributed by atoms with E-state index >= 15 is 0 Å². The molecular formula is C30H37F3N6O3. The summed E-state index contributed by atoms with van der Waals surface area (Å²) in [6.45, 7) is 4.82. The van der Waals surface area contributed by atoms with Gasteiger partial charge < -0.3 is 25.4 Å². The van der Waals surface area contributed by atoms with Crippen LogP contribution in [-0.2, 0) is 4.74 Å². The van der Waals surface area contributed by atoms with Gasteiger partial charge >= 0.3 is 12.2 Å². The first kappa shape index (κ1) is 29.8. The monoisotopic (exact) mass is 586 g/mol. The Kier molecular flexibility index (Phi) is 9.02. The number of aryl methyl sites for hydroxylation is 1. The molecule has 2 aromatic heterocycles. The minimum atomic E-state index is -4.24. The van der Waals surface area contributed by atoms with E-state index in [4.69, 9.17) is 9.72 Å². The second-order valence-electron chi connectivity index (χ2n) is 11.3. The molecule has 0 saturated carbocycles. The summed E-state index contributed by atoms with van der Waals surface area (Å²) in [6.07, 6.45) is 1.81. The van der Waals surface area contributed by atoms with Gasteiger partial charge in [-0.25, -0.2) is 14.5 Å². The number of alkyl halides is 3. The number of likely N-dealkylation sites (tertiary alicyclic amines) is 1. The van der Waals surface area contributed by atoms with E-state index in [9.17, 15) is 23.1 Å². The Morgan fingerprint density at radius 2 is 2.02 bits per heavy atom. The largest absolute Gasteiger partial charge is 0.394 e. The van der Waals surface area contributed by atoms with Crippen LogP contribution in [0.5, 0.6) is 0 Å². The number of pyridine rings is 1. The van der Waals surface area contributed by atoms with E-state index in [1.54, 1.807) is 12.3 Å². The van der Waals surface area contributed by atoms with Gasteiger partial charge in [0.05, 0.1) is 18.5 Å². The molecule has 226 valence electrons. The van der Waals surface area contributed by atoms with Crippen molar-refractivity contribution in [3.8, 4) is 22.4 Å². The maximum absolute atomic E-state index is 12.9. The molecule has 1 aromatic carbocycles. The zero-order valence-corrected chi connectivity index (χ0v) is 23.8. The highest BCUT2D eigenvalue weighted by atomic mass is 19.4. The lowest BCUT2D eigenvalue weighted by molar-refractivity contribution is -0.143. The first-order chi connectivity index (χ1) is 20.1. The van der Waals surface area contributed by atoms with Crippen molar-refractivity contribution >= 4 is 17.5 Å². The first-order valence-corrected chi connectivity index (χ1v) is 14.4. The van der Waals surface area contributed by atoms with Crippen LogP contribution in [0, 0.1) is 12.8 Å². The van der Waals surface area contributed by atoms with Crippen molar-refractivity contribution in [3.05, 3.63) is 48.3 Å². The van der Waals surface area contributed by atoms with E-state index < -0.39 is 24.5 Å². The van der Waals surface area contributed by atoms with Gasteiger partial charge in [0.1, 0.15) is 12.0 Å². The molecule has 3 aromatic rings.